The number of hydrogen-bond acceptors (Lipinski definition) is 0. The Morgan fingerprint density at radius 2 is 1.14 bits per heavy atom. The molecule has 0 nitrogen and oxygen atoms in total. The van der Waals surface area contributed by atoms with E-state index >= 15 is 0 Å². The zero-order chi connectivity index (χ0) is 14.1. The zero-order valence-electron chi connectivity index (χ0n) is 12.8. The summed E-state index contributed by atoms with van der Waals surface area (Å²) in [7, 11) is 0. The van der Waals surface area contributed by atoms with Crippen molar-refractivity contribution in [3.05, 3.63) is 70.8 Å². The molecule has 0 heteroatoms. The molecular formula is C22H20. The van der Waals surface area contributed by atoms with Gasteiger partial charge in [0.25, 0.3) is 0 Å². The Hall–Kier alpha value is -1.56. The molecule has 108 valence electrons. The van der Waals surface area contributed by atoms with Crippen LogP contribution in [0.5, 0.6) is 0 Å². The SMILES string of the molecule is c1ccc2c(c1)[C@H]1C[C@@H]2[C@@]23c4ccccc4[C@@]12[C@@H]1CC[C@@H]3C1. The molecular weight excluding hydrogens is 264 g/mol. The van der Waals surface area contributed by atoms with E-state index in [-0.39, 0.29) is 0 Å². The first-order valence-corrected chi connectivity index (χ1v) is 9.09. The first kappa shape index (κ1) is 11.0. The van der Waals surface area contributed by atoms with E-state index in [0.29, 0.717) is 10.8 Å². The van der Waals surface area contributed by atoms with Crippen LogP contribution in [0, 0.1) is 11.8 Å². The van der Waals surface area contributed by atoms with Crippen molar-refractivity contribution < 1.29 is 0 Å². The Morgan fingerprint density at radius 3 is 1.68 bits per heavy atom. The molecule has 2 aromatic carbocycles. The van der Waals surface area contributed by atoms with Gasteiger partial charge in [0, 0.05) is 10.8 Å². The molecule has 0 aromatic heterocycles. The minimum absolute atomic E-state index is 0.533. The van der Waals surface area contributed by atoms with E-state index in [2.05, 4.69) is 48.5 Å². The third-order valence-electron chi connectivity index (χ3n) is 8.54. The van der Waals surface area contributed by atoms with E-state index in [9.17, 15) is 0 Å². The Bertz CT molecular complexity index is 781. The second-order valence-electron chi connectivity index (χ2n) is 8.46. The predicted molar refractivity (Wildman–Crippen MR) is 87.2 cm³/mol. The molecule has 0 radical (unpaired) electrons. The van der Waals surface area contributed by atoms with E-state index < -0.39 is 0 Å². The Labute approximate surface area is 131 Å². The number of hydrogen-bond donors (Lipinski definition) is 0. The van der Waals surface area contributed by atoms with E-state index in [1.807, 2.05) is 0 Å². The Morgan fingerprint density at radius 1 is 0.636 bits per heavy atom. The van der Waals surface area contributed by atoms with Crippen LogP contribution in [0.1, 0.15) is 59.8 Å². The molecule has 5 aliphatic rings. The average molecular weight is 284 g/mol. The highest BCUT2D eigenvalue weighted by atomic mass is 14.9. The summed E-state index contributed by atoms with van der Waals surface area (Å²) >= 11 is 0. The minimum Gasteiger partial charge on any atom is -0.0620 e. The fraction of sp³-hybridized carbons (Fsp3) is 0.455. The van der Waals surface area contributed by atoms with E-state index in [1.165, 1.54) is 25.7 Å². The highest BCUT2D eigenvalue weighted by Crippen LogP contribution is 2.88. The number of rotatable bonds is 0. The average Bonchev–Trinajstić information content (AvgIpc) is 3.27. The van der Waals surface area contributed by atoms with Crippen LogP contribution in [0.4, 0.5) is 0 Å². The van der Waals surface area contributed by atoms with Gasteiger partial charge in [0.05, 0.1) is 0 Å². The molecule has 5 aliphatic carbocycles. The molecule has 3 fully saturated rings. The van der Waals surface area contributed by atoms with Crippen molar-refractivity contribution in [2.24, 2.45) is 11.8 Å². The molecule has 22 heavy (non-hydrogen) atoms. The van der Waals surface area contributed by atoms with Gasteiger partial charge in [0.1, 0.15) is 0 Å². The third kappa shape index (κ3) is 0.751. The van der Waals surface area contributed by atoms with Crippen molar-refractivity contribution in [1.29, 1.82) is 0 Å². The zero-order valence-corrected chi connectivity index (χ0v) is 12.8. The van der Waals surface area contributed by atoms with Gasteiger partial charge in [0.2, 0.25) is 0 Å². The first-order chi connectivity index (χ1) is 10.9. The lowest BCUT2D eigenvalue weighted by Gasteiger charge is -2.65. The van der Waals surface area contributed by atoms with Gasteiger partial charge in [0.15, 0.2) is 0 Å². The predicted octanol–water partition coefficient (Wildman–Crippen LogP) is 4.89. The molecule has 0 saturated heterocycles. The summed E-state index contributed by atoms with van der Waals surface area (Å²) in [5, 5.41) is 0. The van der Waals surface area contributed by atoms with Crippen molar-refractivity contribution >= 4 is 0 Å². The van der Waals surface area contributed by atoms with Crippen molar-refractivity contribution in [3.63, 3.8) is 0 Å². The van der Waals surface area contributed by atoms with Gasteiger partial charge in [-0.3, -0.25) is 0 Å². The molecule has 7 rings (SSSR count). The van der Waals surface area contributed by atoms with Gasteiger partial charge < -0.3 is 0 Å². The first-order valence-electron chi connectivity index (χ1n) is 9.09. The maximum absolute atomic E-state index is 2.48. The van der Waals surface area contributed by atoms with Gasteiger partial charge in [-0.2, -0.15) is 0 Å². The van der Waals surface area contributed by atoms with Crippen molar-refractivity contribution in [2.45, 2.75) is 48.3 Å². The number of fused-ring (bicyclic) bond motifs is 8. The van der Waals surface area contributed by atoms with Crippen LogP contribution in [-0.4, -0.2) is 0 Å². The summed E-state index contributed by atoms with van der Waals surface area (Å²) in [5.41, 5.74) is 8.00. The number of benzene rings is 2. The fourth-order valence-corrected chi connectivity index (χ4v) is 8.53. The summed E-state index contributed by atoms with van der Waals surface area (Å²) in [6.45, 7) is 0. The van der Waals surface area contributed by atoms with Crippen molar-refractivity contribution in [3.8, 4) is 0 Å². The molecule has 0 amide bonds. The lowest BCUT2D eigenvalue weighted by atomic mass is 9.37. The maximum atomic E-state index is 2.48. The quantitative estimate of drug-likeness (QED) is 0.646. The summed E-state index contributed by atoms with van der Waals surface area (Å²) in [6, 6.07) is 19.0. The normalized spacial score (nSPS) is 47.6. The van der Waals surface area contributed by atoms with Gasteiger partial charge in [-0.1, -0.05) is 48.5 Å². The standard InChI is InChI=1S/C22H20/c1-2-6-16-15(5-1)19-12-20(16)22-14-10-9-13(11-14)21(19,22)17-7-3-4-8-18(17)22/h1-8,13-14,19-20H,9-12H2/t13-,14-,19-,20+,21+,22-/m1/s1. The van der Waals surface area contributed by atoms with Gasteiger partial charge >= 0.3 is 0 Å². The largest absolute Gasteiger partial charge is 0.0620 e. The summed E-state index contributed by atoms with van der Waals surface area (Å²) in [5.74, 6) is 3.57. The highest BCUT2D eigenvalue weighted by Gasteiger charge is 2.84. The monoisotopic (exact) mass is 284 g/mol. The fourth-order valence-electron chi connectivity index (χ4n) is 8.53. The molecule has 0 spiro atoms. The Balaban J connectivity index is 1.64. The smallest absolute Gasteiger partial charge is 0.0159 e. The molecule has 0 unspecified atom stereocenters. The van der Waals surface area contributed by atoms with Crippen molar-refractivity contribution in [1.82, 2.24) is 0 Å². The molecule has 0 N–H and O–H groups in total. The molecule has 0 heterocycles. The van der Waals surface area contributed by atoms with Crippen LogP contribution in [0.25, 0.3) is 0 Å². The molecule has 3 saturated carbocycles. The van der Waals surface area contributed by atoms with Gasteiger partial charge in [-0.15, -0.1) is 0 Å². The summed E-state index contributed by atoms with van der Waals surface area (Å²) < 4.78 is 0. The Kier molecular flexibility index (Phi) is 1.54. The second-order valence-corrected chi connectivity index (χ2v) is 8.46. The summed E-state index contributed by atoms with van der Waals surface area (Å²) in [4.78, 5) is 0. The summed E-state index contributed by atoms with van der Waals surface area (Å²) in [6.07, 6.45) is 5.93. The second kappa shape index (κ2) is 3.07. The van der Waals surface area contributed by atoms with Gasteiger partial charge in [-0.05, 0) is 71.6 Å². The highest BCUT2D eigenvalue weighted by molar-refractivity contribution is 5.70. The minimum atomic E-state index is 0.533. The maximum Gasteiger partial charge on any atom is 0.0159 e. The van der Waals surface area contributed by atoms with E-state index in [4.69, 9.17) is 0 Å². The van der Waals surface area contributed by atoms with Crippen LogP contribution < -0.4 is 0 Å². The third-order valence-corrected chi connectivity index (χ3v) is 8.54. The molecule has 6 atom stereocenters. The van der Waals surface area contributed by atoms with Crippen molar-refractivity contribution in [2.75, 3.05) is 0 Å². The van der Waals surface area contributed by atoms with Crippen LogP contribution in [0.2, 0.25) is 0 Å². The van der Waals surface area contributed by atoms with E-state index in [0.717, 1.165) is 23.7 Å². The van der Waals surface area contributed by atoms with Crippen LogP contribution in [-0.2, 0) is 10.8 Å². The van der Waals surface area contributed by atoms with Crippen LogP contribution in [0.3, 0.4) is 0 Å². The van der Waals surface area contributed by atoms with Crippen LogP contribution in [0.15, 0.2) is 48.5 Å². The lowest BCUT2D eigenvalue weighted by molar-refractivity contribution is 0.0775. The molecule has 2 aromatic rings. The van der Waals surface area contributed by atoms with E-state index in [1.54, 1.807) is 22.3 Å². The molecule has 0 aliphatic heterocycles. The molecule has 4 bridgehead atoms. The lowest BCUT2D eigenvalue weighted by Crippen LogP contribution is -2.63. The van der Waals surface area contributed by atoms with Crippen LogP contribution >= 0.6 is 0 Å². The topological polar surface area (TPSA) is 0 Å². The van der Waals surface area contributed by atoms with Gasteiger partial charge in [-0.25, -0.2) is 0 Å².